The topological polar surface area (TPSA) is 144 Å². The fraction of sp³-hybridized carbons (Fsp3) is 0.444. The quantitative estimate of drug-likeness (QED) is 0.374. The maximum Gasteiger partial charge on any atom is 0.226 e. The zero-order chi connectivity index (χ0) is 27.2. The summed E-state index contributed by atoms with van der Waals surface area (Å²) >= 11 is 0. The lowest BCUT2D eigenvalue weighted by Gasteiger charge is -2.34. The van der Waals surface area contributed by atoms with Crippen LogP contribution in [0.2, 0.25) is 0 Å². The largest absolute Gasteiger partial charge is 0.385 e. The van der Waals surface area contributed by atoms with Crippen LogP contribution in [-0.2, 0) is 33.7 Å². The SMILES string of the molecule is CCN1CCOCC1CNC(=O)Cc1ccc(-c2ccc3c(=O)c(CC(=O)NC)c(N)n(CC)c3n2)cn1. The Bertz CT molecular complexity index is 1370. The van der Waals surface area contributed by atoms with Crippen molar-refractivity contribution < 1.29 is 14.3 Å². The summed E-state index contributed by atoms with van der Waals surface area (Å²) in [4.78, 5) is 49.0. The van der Waals surface area contributed by atoms with E-state index in [1.807, 2.05) is 13.0 Å². The molecule has 11 nitrogen and oxygen atoms in total. The molecule has 1 fully saturated rings. The number of aryl methyl sites for hydroxylation is 1. The van der Waals surface area contributed by atoms with Crippen LogP contribution in [0.15, 0.2) is 35.3 Å². The second kappa shape index (κ2) is 12.1. The third-order valence-corrected chi connectivity index (χ3v) is 6.93. The molecule has 0 aromatic carbocycles. The van der Waals surface area contributed by atoms with Crippen LogP contribution in [0.1, 0.15) is 25.1 Å². The number of carbonyl (C=O) groups is 2. The number of nitrogens with zero attached hydrogens (tertiary/aromatic N) is 4. The second-order valence-corrected chi connectivity index (χ2v) is 9.23. The van der Waals surface area contributed by atoms with Crippen LogP contribution < -0.4 is 21.8 Å². The molecule has 11 heteroatoms. The number of nitrogen functional groups attached to an aromatic ring is 1. The number of nitrogens with one attached hydrogen (secondary N) is 2. The van der Waals surface area contributed by atoms with Crippen LogP contribution in [0.4, 0.5) is 5.82 Å². The van der Waals surface area contributed by atoms with E-state index in [-0.39, 0.29) is 47.5 Å². The van der Waals surface area contributed by atoms with Gasteiger partial charge in [-0.15, -0.1) is 0 Å². The molecule has 1 atom stereocenters. The normalized spacial score (nSPS) is 15.9. The monoisotopic (exact) mass is 521 g/mol. The van der Waals surface area contributed by atoms with Gasteiger partial charge in [0.25, 0.3) is 0 Å². The van der Waals surface area contributed by atoms with Gasteiger partial charge in [-0.2, -0.15) is 0 Å². The number of likely N-dealkylation sites (N-methyl/N-ethyl adjacent to an activating group) is 2. The highest BCUT2D eigenvalue weighted by Crippen LogP contribution is 2.23. The number of hydrogen-bond donors (Lipinski definition) is 3. The van der Waals surface area contributed by atoms with Crippen molar-refractivity contribution in [2.45, 2.75) is 39.3 Å². The lowest BCUT2D eigenvalue weighted by atomic mass is 10.1. The number of morpholine rings is 1. The maximum absolute atomic E-state index is 13.1. The summed E-state index contributed by atoms with van der Waals surface area (Å²) in [5.41, 5.74) is 8.72. The van der Waals surface area contributed by atoms with E-state index >= 15 is 0 Å². The third kappa shape index (κ3) is 5.84. The van der Waals surface area contributed by atoms with Crippen LogP contribution >= 0.6 is 0 Å². The number of hydrogen-bond acceptors (Lipinski definition) is 8. The molecule has 3 aromatic rings. The third-order valence-electron chi connectivity index (χ3n) is 6.93. The van der Waals surface area contributed by atoms with Crippen molar-refractivity contribution in [2.75, 3.05) is 45.6 Å². The number of pyridine rings is 3. The fourth-order valence-corrected chi connectivity index (χ4v) is 4.72. The predicted octanol–water partition coefficient (Wildman–Crippen LogP) is 0.729. The van der Waals surface area contributed by atoms with Crippen molar-refractivity contribution in [3.8, 4) is 11.3 Å². The van der Waals surface area contributed by atoms with Gasteiger partial charge in [0.15, 0.2) is 5.43 Å². The molecule has 0 radical (unpaired) electrons. The number of aromatic nitrogens is 3. The van der Waals surface area contributed by atoms with Crippen molar-refractivity contribution in [3.05, 3.63) is 51.9 Å². The van der Waals surface area contributed by atoms with E-state index < -0.39 is 0 Å². The molecule has 1 saturated heterocycles. The summed E-state index contributed by atoms with van der Waals surface area (Å²) in [6.07, 6.45) is 1.75. The Labute approximate surface area is 221 Å². The highest BCUT2D eigenvalue weighted by molar-refractivity contribution is 5.85. The molecule has 3 aromatic heterocycles. The van der Waals surface area contributed by atoms with Gasteiger partial charge >= 0.3 is 0 Å². The van der Waals surface area contributed by atoms with Crippen molar-refractivity contribution in [1.82, 2.24) is 30.1 Å². The Morgan fingerprint density at radius 1 is 1.13 bits per heavy atom. The van der Waals surface area contributed by atoms with E-state index in [1.54, 1.807) is 29.0 Å². The highest BCUT2D eigenvalue weighted by Gasteiger charge is 2.22. The van der Waals surface area contributed by atoms with Gasteiger partial charge in [-0.05, 0) is 37.7 Å². The van der Waals surface area contributed by atoms with E-state index in [4.69, 9.17) is 15.5 Å². The van der Waals surface area contributed by atoms with Gasteiger partial charge in [-0.25, -0.2) is 4.98 Å². The van der Waals surface area contributed by atoms with Crippen molar-refractivity contribution in [2.24, 2.45) is 0 Å². The summed E-state index contributed by atoms with van der Waals surface area (Å²) < 4.78 is 7.28. The van der Waals surface area contributed by atoms with Crippen molar-refractivity contribution in [1.29, 1.82) is 0 Å². The molecule has 4 heterocycles. The number of nitrogens with two attached hydrogens (primary N) is 1. The molecular formula is C27H35N7O4. The lowest BCUT2D eigenvalue weighted by molar-refractivity contribution is -0.121. The molecule has 4 N–H and O–H groups in total. The van der Waals surface area contributed by atoms with Gasteiger partial charge in [0, 0.05) is 49.7 Å². The van der Waals surface area contributed by atoms with Gasteiger partial charge in [-0.3, -0.25) is 24.3 Å². The van der Waals surface area contributed by atoms with E-state index in [1.165, 1.54) is 7.05 Å². The number of carbonyl (C=O) groups excluding carboxylic acids is 2. The Hall–Kier alpha value is -3.83. The first-order valence-electron chi connectivity index (χ1n) is 12.9. The van der Waals surface area contributed by atoms with E-state index in [2.05, 4.69) is 27.4 Å². The molecule has 38 heavy (non-hydrogen) atoms. The summed E-state index contributed by atoms with van der Waals surface area (Å²) in [6.45, 7) is 8.18. The number of amides is 2. The Kier molecular flexibility index (Phi) is 8.70. The van der Waals surface area contributed by atoms with Crippen LogP contribution in [0, 0.1) is 0 Å². The summed E-state index contributed by atoms with van der Waals surface area (Å²) in [5, 5.41) is 5.92. The minimum atomic E-state index is -0.300. The summed E-state index contributed by atoms with van der Waals surface area (Å²) in [7, 11) is 1.52. The predicted molar refractivity (Wildman–Crippen MR) is 146 cm³/mol. The Morgan fingerprint density at radius 2 is 1.95 bits per heavy atom. The average molecular weight is 522 g/mol. The number of anilines is 1. The minimum absolute atomic E-state index is 0.0919. The molecule has 202 valence electrons. The van der Waals surface area contributed by atoms with Crippen LogP contribution in [0.25, 0.3) is 22.3 Å². The minimum Gasteiger partial charge on any atom is -0.385 e. The summed E-state index contributed by atoms with van der Waals surface area (Å²) in [5.74, 6) is -0.142. The van der Waals surface area contributed by atoms with Gasteiger partial charge < -0.3 is 25.7 Å². The van der Waals surface area contributed by atoms with E-state index in [9.17, 15) is 14.4 Å². The summed E-state index contributed by atoms with van der Waals surface area (Å²) in [6, 6.07) is 7.29. The molecule has 0 saturated carbocycles. The van der Waals surface area contributed by atoms with E-state index in [0.29, 0.717) is 42.1 Å². The zero-order valence-corrected chi connectivity index (χ0v) is 22.1. The average Bonchev–Trinajstić information content (AvgIpc) is 2.94. The van der Waals surface area contributed by atoms with Gasteiger partial charge in [-0.1, -0.05) is 6.92 Å². The molecular weight excluding hydrogens is 486 g/mol. The molecule has 4 rings (SSSR count). The zero-order valence-electron chi connectivity index (χ0n) is 22.1. The van der Waals surface area contributed by atoms with Crippen LogP contribution in [0.5, 0.6) is 0 Å². The van der Waals surface area contributed by atoms with Crippen LogP contribution in [0.3, 0.4) is 0 Å². The first-order chi connectivity index (χ1) is 18.4. The molecule has 1 aliphatic heterocycles. The number of fused-ring (bicyclic) bond motifs is 1. The van der Waals surface area contributed by atoms with Crippen molar-refractivity contribution >= 4 is 28.7 Å². The lowest BCUT2D eigenvalue weighted by Crippen LogP contribution is -2.51. The highest BCUT2D eigenvalue weighted by atomic mass is 16.5. The molecule has 0 bridgehead atoms. The fourth-order valence-electron chi connectivity index (χ4n) is 4.72. The molecule has 1 unspecified atom stereocenters. The molecule has 0 aliphatic carbocycles. The van der Waals surface area contributed by atoms with Gasteiger partial charge in [0.05, 0.1) is 43.2 Å². The van der Waals surface area contributed by atoms with E-state index in [0.717, 1.165) is 25.3 Å². The number of ether oxygens (including phenoxy) is 1. The van der Waals surface area contributed by atoms with Gasteiger partial charge in [0.2, 0.25) is 11.8 Å². The second-order valence-electron chi connectivity index (χ2n) is 9.23. The van der Waals surface area contributed by atoms with Crippen LogP contribution in [-0.4, -0.2) is 77.2 Å². The Morgan fingerprint density at radius 3 is 2.63 bits per heavy atom. The van der Waals surface area contributed by atoms with Crippen molar-refractivity contribution in [3.63, 3.8) is 0 Å². The number of rotatable bonds is 9. The first kappa shape index (κ1) is 27.2. The van der Waals surface area contributed by atoms with Gasteiger partial charge in [0.1, 0.15) is 11.5 Å². The smallest absolute Gasteiger partial charge is 0.226 e. The maximum atomic E-state index is 13.1. The standard InChI is InChI=1S/C27H35N7O4/c1-4-33-10-11-38-16-19(33)15-31-24(36)12-18-7-6-17(14-30-18)22-9-8-20-25(37)21(13-23(35)29-3)26(28)34(5-2)27(20)32-22/h6-9,14,19H,4-5,10-13,15-16,28H2,1-3H3,(H,29,35)(H,31,36). The molecule has 2 amide bonds. The Balaban J connectivity index is 1.50. The first-order valence-corrected chi connectivity index (χ1v) is 12.9. The molecule has 1 aliphatic rings. The molecule has 0 spiro atoms.